The molecule has 2 unspecified atom stereocenters. The Morgan fingerprint density at radius 2 is 1.82 bits per heavy atom. The lowest BCUT2D eigenvalue weighted by Crippen LogP contribution is -2.46. The summed E-state index contributed by atoms with van der Waals surface area (Å²) in [5.41, 5.74) is 2.67. The number of carbonyl (C=O) groups is 2. The maximum Gasteiger partial charge on any atom is 0.407 e. The van der Waals surface area contributed by atoms with Crippen molar-refractivity contribution < 1.29 is 33.6 Å². The van der Waals surface area contributed by atoms with Gasteiger partial charge in [-0.2, -0.15) is 0 Å². The first-order chi connectivity index (χ1) is 19.5. The number of likely N-dealkylation sites (tertiary alicyclic amines) is 1. The van der Waals surface area contributed by atoms with Crippen LogP contribution < -0.4 is 14.4 Å². The van der Waals surface area contributed by atoms with Gasteiger partial charge in [0.05, 0.1) is 24.9 Å². The molecule has 2 heterocycles. The molecule has 9 nitrogen and oxygen atoms in total. The van der Waals surface area contributed by atoms with Gasteiger partial charge in [0.25, 0.3) is 5.91 Å². The lowest BCUT2D eigenvalue weighted by Gasteiger charge is -2.37. The molecule has 0 spiro atoms. The number of benzene rings is 3. The topological polar surface area (TPSA) is 97.8 Å². The number of hydrogen-bond acceptors (Lipinski definition) is 6. The number of carboxylic acid groups (broad SMARTS) is 1. The third kappa shape index (κ3) is 6.55. The Balaban J connectivity index is 1.30. The van der Waals surface area contributed by atoms with Crippen LogP contribution in [-0.2, 0) is 20.9 Å². The first-order valence-electron chi connectivity index (χ1n) is 13.5. The highest BCUT2D eigenvalue weighted by Gasteiger charge is 2.33. The van der Waals surface area contributed by atoms with Crippen molar-refractivity contribution in [1.82, 2.24) is 4.90 Å². The van der Waals surface area contributed by atoms with E-state index in [1.165, 1.54) is 4.90 Å². The summed E-state index contributed by atoms with van der Waals surface area (Å²) in [6.45, 7) is 2.10. The summed E-state index contributed by atoms with van der Waals surface area (Å²) in [4.78, 5) is 27.5. The largest absolute Gasteiger partial charge is 0.482 e. The lowest BCUT2D eigenvalue weighted by atomic mass is 9.87. The second-order valence-electron chi connectivity index (χ2n) is 9.94. The minimum absolute atomic E-state index is 0.0137. The van der Waals surface area contributed by atoms with Gasteiger partial charge in [-0.05, 0) is 60.4 Å². The highest BCUT2D eigenvalue weighted by Crippen LogP contribution is 2.35. The van der Waals surface area contributed by atoms with Gasteiger partial charge < -0.3 is 33.9 Å². The van der Waals surface area contributed by atoms with E-state index in [0.717, 1.165) is 28.3 Å². The van der Waals surface area contributed by atoms with Crippen molar-refractivity contribution in [1.29, 1.82) is 0 Å². The van der Waals surface area contributed by atoms with Gasteiger partial charge in [0.15, 0.2) is 6.61 Å². The SMILES string of the molecule is COCCCN1C(=O)COc2ccc(COC3CN(C(=O)O)CCC3c3ccc(Oc4ccccc4)cc3)cc21. The van der Waals surface area contributed by atoms with Crippen LogP contribution in [0.4, 0.5) is 10.5 Å². The fourth-order valence-corrected chi connectivity index (χ4v) is 5.20. The number of piperidine rings is 1. The summed E-state index contributed by atoms with van der Waals surface area (Å²) in [5, 5.41) is 9.64. The van der Waals surface area contributed by atoms with E-state index in [1.54, 1.807) is 12.0 Å². The molecule has 9 heteroatoms. The summed E-state index contributed by atoms with van der Waals surface area (Å²) in [6, 6.07) is 23.2. The zero-order valence-electron chi connectivity index (χ0n) is 22.5. The van der Waals surface area contributed by atoms with Gasteiger partial charge in [0, 0.05) is 32.7 Å². The third-order valence-electron chi connectivity index (χ3n) is 7.28. The molecule has 3 aromatic carbocycles. The molecule has 210 valence electrons. The molecule has 0 saturated carbocycles. The second kappa shape index (κ2) is 12.8. The van der Waals surface area contributed by atoms with Crippen molar-refractivity contribution in [2.75, 3.05) is 44.9 Å². The Hall–Kier alpha value is -4.08. The summed E-state index contributed by atoms with van der Waals surface area (Å²) < 4.78 is 23.1. The van der Waals surface area contributed by atoms with E-state index >= 15 is 0 Å². The molecule has 0 aliphatic carbocycles. The predicted molar refractivity (Wildman–Crippen MR) is 149 cm³/mol. The molecule has 40 heavy (non-hydrogen) atoms. The van der Waals surface area contributed by atoms with Crippen LogP contribution in [-0.4, -0.2) is 68.1 Å². The Morgan fingerprint density at radius 3 is 2.58 bits per heavy atom. The van der Waals surface area contributed by atoms with Crippen LogP contribution in [0.1, 0.15) is 29.9 Å². The molecule has 1 fully saturated rings. The molecule has 0 bridgehead atoms. The van der Waals surface area contributed by atoms with Crippen molar-refractivity contribution in [2.24, 2.45) is 0 Å². The molecule has 5 rings (SSSR count). The maximum absolute atomic E-state index is 12.6. The molecule has 3 aromatic rings. The molecule has 1 N–H and O–H groups in total. The summed E-state index contributed by atoms with van der Waals surface area (Å²) in [6.07, 6.45) is 0.0782. The summed E-state index contributed by atoms with van der Waals surface area (Å²) in [5.74, 6) is 2.09. The van der Waals surface area contributed by atoms with Crippen molar-refractivity contribution in [3.05, 3.63) is 83.9 Å². The molecule has 0 radical (unpaired) electrons. The Morgan fingerprint density at radius 1 is 1.05 bits per heavy atom. The normalized spacial score (nSPS) is 18.7. The standard InChI is InChI=1S/C31H34N2O7/c1-37-17-5-15-33-27-18-22(8-13-28(27)39-21-30(33)34)20-38-29-19-32(31(35)36)16-14-26(29)23-9-11-25(12-10-23)40-24-6-3-2-4-7-24/h2-4,6-13,18,26,29H,5,14-17,19-21H2,1H3,(H,35,36). The van der Waals surface area contributed by atoms with E-state index in [4.69, 9.17) is 18.9 Å². The number of hydrogen-bond donors (Lipinski definition) is 1. The number of amides is 2. The van der Waals surface area contributed by atoms with Crippen molar-refractivity contribution in [3.63, 3.8) is 0 Å². The van der Waals surface area contributed by atoms with E-state index in [9.17, 15) is 14.7 Å². The average molecular weight is 547 g/mol. The van der Waals surface area contributed by atoms with E-state index in [-0.39, 0.29) is 37.7 Å². The van der Waals surface area contributed by atoms with Crippen LogP contribution in [0.5, 0.6) is 17.2 Å². The first-order valence-corrected chi connectivity index (χ1v) is 13.5. The number of para-hydroxylation sites is 1. The zero-order chi connectivity index (χ0) is 27.9. The van der Waals surface area contributed by atoms with Gasteiger partial charge in [0.1, 0.15) is 17.2 Å². The van der Waals surface area contributed by atoms with E-state index in [0.29, 0.717) is 38.3 Å². The van der Waals surface area contributed by atoms with Crippen LogP contribution in [0.25, 0.3) is 0 Å². The number of nitrogens with zero attached hydrogens (tertiary/aromatic N) is 2. The monoisotopic (exact) mass is 546 g/mol. The molecular weight excluding hydrogens is 512 g/mol. The van der Waals surface area contributed by atoms with Crippen LogP contribution in [0.2, 0.25) is 0 Å². The molecular formula is C31H34N2O7. The maximum atomic E-state index is 12.6. The molecule has 1 saturated heterocycles. The fraction of sp³-hybridized carbons (Fsp3) is 0.355. The molecule has 2 aliphatic rings. The van der Waals surface area contributed by atoms with Gasteiger partial charge in [-0.3, -0.25) is 4.79 Å². The van der Waals surface area contributed by atoms with Crippen molar-refractivity contribution >= 4 is 17.7 Å². The van der Waals surface area contributed by atoms with Crippen molar-refractivity contribution in [3.8, 4) is 17.2 Å². The Kier molecular flexibility index (Phi) is 8.83. The Labute approximate surface area is 233 Å². The number of ether oxygens (including phenoxy) is 4. The van der Waals surface area contributed by atoms with Crippen LogP contribution in [0.15, 0.2) is 72.8 Å². The average Bonchev–Trinajstić information content (AvgIpc) is 2.98. The van der Waals surface area contributed by atoms with Crippen LogP contribution in [0.3, 0.4) is 0 Å². The number of anilines is 1. The number of methoxy groups -OCH3 is 1. The number of fused-ring (bicyclic) bond motifs is 1. The molecule has 0 aromatic heterocycles. The number of carbonyl (C=O) groups excluding carboxylic acids is 1. The second-order valence-corrected chi connectivity index (χ2v) is 9.94. The highest BCUT2D eigenvalue weighted by atomic mass is 16.5. The first kappa shape index (κ1) is 27.5. The van der Waals surface area contributed by atoms with Crippen molar-refractivity contribution in [2.45, 2.75) is 31.5 Å². The van der Waals surface area contributed by atoms with Crippen LogP contribution >= 0.6 is 0 Å². The van der Waals surface area contributed by atoms with E-state index in [1.807, 2.05) is 72.8 Å². The molecule has 2 atom stereocenters. The molecule has 2 aliphatic heterocycles. The van der Waals surface area contributed by atoms with Gasteiger partial charge in [-0.1, -0.05) is 36.4 Å². The van der Waals surface area contributed by atoms with Crippen LogP contribution in [0, 0.1) is 0 Å². The quantitative estimate of drug-likeness (QED) is 0.345. The van der Waals surface area contributed by atoms with Gasteiger partial charge in [0.2, 0.25) is 0 Å². The smallest absolute Gasteiger partial charge is 0.407 e. The van der Waals surface area contributed by atoms with Gasteiger partial charge in [-0.25, -0.2) is 4.79 Å². The Bertz CT molecular complexity index is 1300. The highest BCUT2D eigenvalue weighted by molar-refractivity contribution is 5.97. The zero-order valence-corrected chi connectivity index (χ0v) is 22.5. The van der Waals surface area contributed by atoms with E-state index < -0.39 is 6.09 Å². The molecule has 2 amide bonds. The van der Waals surface area contributed by atoms with Gasteiger partial charge in [-0.15, -0.1) is 0 Å². The van der Waals surface area contributed by atoms with E-state index in [2.05, 4.69) is 0 Å². The lowest BCUT2D eigenvalue weighted by molar-refractivity contribution is -0.121. The third-order valence-corrected chi connectivity index (χ3v) is 7.28. The number of rotatable bonds is 10. The minimum Gasteiger partial charge on any atom is -0.482 e. The minimum atomic E-state index is -0.949. The predicted octanol–water partition coefficient (Wildman–Crippen LogP) is 5.29. The summed E-state index contributed by atoms with van der Waals surface area (Å²) >= 11 is 0. The fourth-order valence-electron chi connectivity index (χ4n) is 5.20. The summed E-state index contributed by atoms with van der Waals surface area (Å²) in [7, 11) is 1.64. The van der Waals surface area contributed by atoms with Gasteiger partial charge >= 0.3 is 6.09 Å².